The van der Waals surface area contributed by atoms with Gasteiger partial charge in [0.25, 0.3) is 5.91 Å². The van der Waals surface area contributed by atoms with Crippen LogP contribution in [0.5, 0.6) is 0 Å². The third kappa shape index (κ3) is 6.32. The Bertz CT molecular complexity index is 655. The Labute approximate surface area is 160 Å². The highest BCUT2D eigenvalue weighted by molar-refractivity contribution is 5.94. The molecular formula is C19H29N6O2+. The maximum absolute atomic E-state index is 12.1. The van der Waals surface area contributed by atoms with Crippen molar-refractivity contribution in [3.05, 3.63) is 30.1 Å². The van der Waals surface area contributed by atoms with Gasteiger partial charge in [0.05, 0.1) is 26.2 Å². The molecule has 8 nitrogen and oxygen atoms in total. The van der Waals surface area contributed by atoms with Gasteiger partial charge in [-0.15, -0.1) is 0 Å². The van der Waals surface area contributed by atoms with Gasteiger partial charge in [-0.3, -0.25) is 10.1 Å². The number of rotatable bonds is 6. The van der Waals surface area contributed by atoms with Crippen LogP contribution in [0.4, 0.5) is 10.7 Å². The van der Waals surface area contributed by atoms with Crippen molar-refractivity contribution in [2.45, 2.75) is 32.1 Å². The van der Waals surface area contributed by atoms with E-state index in [0.717, 1.165) is 51.4 Å². The number of amides is 3. The van der Waals surface area contributed by atoms with Gasteiger partial charge < -0.3 is 15.1 Å². The van der Waals surface area contributed by atoms with Crippen molar-refractivity contribution >= 4 is 17.9 Å². The van der Waals surface area contributed by atoms with E-state index in [1.807, 2.05) is 0 Å². The Morgan fingerprint density at radius 3 is 2.63 bits per heavy atom. The van der Waals surface area contributed by atoms with Crippen LogP contribution in [0.1, 0.15) is 32.1 Å². The lowest BCUT2D eigenvalue weighted by molar-refractivity contribution is -0.892. The molecule has 8 heteroatoms. The summed E-state index contributed by atoms with van der Waals surface area (Å²) in [4.78, 5) is 35.8. The highest BCUT2D eigenvalue weighted by atomic mass is 16.2. The molecule has 3 N–H and O–H groups in total. The van der Waals surface area contributed by atoms with Crippen LogP contribution in [0.25, 0.3) is 0 Å². The first-order valence-corrected chi connectivity index (χ1v) is 9.82. The second-order valence-corrected chi connectivity index (χ2v) is 7.12. The third-order valence-corrected chi connectivity index (χ3v) is 5.09. The summed E-state index contributed by atoms with van der Waals surface area (Å²) < 4.78 is 0. The summed E-state index contributed by atoms with van der Waals surface area (Å²) in [6, 6.07) is 1.40. The first kappa shape index (κ1) is 19.3. The number of imide groups is 1. The Kier molecular flexibility index (Phi) is 7.15. The smallest absolute Gasteiger partial charge is 0.321 e. The number of allylic oxidation sites excluding steroid dienone is 1. The van der Waals surface area contributed by atoms with Crippen LogP contribution in [0.3, 0.4) is 0 Å². The highest BCUT2D eigenvalue weighted by Gasteiger charge is 2.24. The van der Waals surface area contributed by atoms with Crippen LogP contribution >= 0.6 is 0 Å². The maximum atomic E-state index is 12.1. The van der Waals surface area contributed by atoms with Crippen molar-refractivity contribution in [1.29, 1.82) is 0 Å². The number of carbonyl (C=O) groups is 2. The molecule has 0 aromatic carbocycles. The minimum Gasteiger partial charge on any atom is -0.337 e. The van der Waals surface area contributed by atoms with Crippen molar-refractivity contribution < 1.29 is 14.5 Å². The number of hydrogen-bond acceptors (Lipinski definition) is 5. The average molecular weight is 373 g/mol. The standard InChI is InChI=1S/C19H28N6O2/c26-17(23-19(27)22-10-7-16-5-2-1-3-6-16)15-24-11-13-25(14-12-24)18-20-8-4-9-21-18/h4-5,8-9H,1-3,6-7,10-15H2,(H2,22,23,26,27)/p+1. The minimum atomic E-state index is -0.396. The van der Waals surface area contributed by atoms with E-state index in [1.165, 1.54) is 23.3 Å². The van der Waals surface area contributed by atoms with E-state index in [-0.39, 0.29) is 5.91 Å². The third-order valence-electron chi connectivity index (χ3n) is 5.09. The number of quaternary nitrogens is 1. The van der Waals surface area contributed by atoms with Gasteiger partial charge in [0.2, 0.25) is 5.95 Å². The fourth-order valence-corrected chi connectivity index (χ4v) is 3.56. The van der Waals surface area contributed by atoms with Crippen LogP contribution in [0.15, 0.2) is 30.1 Å². The molecule has 27 heavy (non-hydrogen) atoms. The van der Waals surface area contributed by atoms with Gasteiger partial charge in [0.15, 0.2) is 6.54 Å². The van der Waals surface area contributed by atoms with Gasteiger partial charge >= 0.3 is 6.03 Å². The largest absolute Gasteiger partial charge is 0.337 e. The van der Waals surface area contributed by atoms with Gasteiger partial charge in [-0.25, -0.2) is 14.8 Å². The van der Waals surface area contributed by atoms with E-state index in [9.17, 15) is 9.59 Å². The number of nitrogens with one attached hydrogen (secondary N) is 3. The second kappa shape index (κ2) is 10.0. The van der Waals surface area contributed by atoms with Crippen molar-refractivity contribution in [2.24, 2.45) is 0 Å². The zero-order valence-electron chi connectivity index (χ0n) is 15.7. The van der Waals surface area contributed by atoms with Crippen LogP contribution < -0.4 is 20.4 Å². The molecular weight excluding hydrogens is 344 g/mol. The molecule has 2 aliphatic rings. The van der Waals surface area contributed by atoms with Gasteiger partial charge in [-0.1, -0.05) is 11.6 Å². The molecule has 146 valence electrons. The van der Waals surface area contributed by atoms with Gasteiger partial charge in [0, 0.05) is 18.9 Å². The van der Waals surface area contributed by atoms with E-state index in [0.29, 0.717) is 13.1 Å². The fourth-order valence-electron chi connectivity index (χ4n) is 3.56. The van der Waals surface area contributed by atoms with Crippen molar-refractivity contribution in [2.75, 3.05) is 44.2 Å². The maximum Gasteiger partial charge on any atom is 0.321 e. The van der Waals surface area contributed by atoms with Crippen molar-refractivity contribution in [1.82, 2.24) is 20.6 Å². The number of anilines is 1. The Morgan fingerprint density at radius 1 is 1.15 bits per heavy atom. The molecule has 3 amide bonds. The number of carbonyl (C=O) groups excluding carboxylic acids is 2. The van der Waals surface area contributed by atoms with Gasteiger partial charge in [-0.2, -0.15) is 0 Å². The average Bonchev–Trinajstić information content (AvgIpc) is 2.70. The predicted molar refractivity (Wildman–Crippen MR) is 103 cm³/mol. The summed E-state index contributed by atoms with van der Waals surface area (Å²) in [5.74, 6) is 0.497. The molecule has 0 radical (unpaired) electrons. The molecule has 2 heterocycles. The molecule has 1 aromatic rings. The molecule has 0 saturated carbocycles. The quantitative estimate of drug-likeness (QED) is 0.606. The first-order valence-electron chi connectivity index (χ1n) is 9.82. The van der Waals surface area contributed by atoms with E-state index in [4.69, 9.17) is 0 Å². The van der Waals surface area contributed by atoms with Crippen LogP contribution in [0, 0.1) is 0 Å². The summed E-state index contributed by atoms with van der Waals surface area (Å²) in [6.45, 7) is 4.13. The zero-order chi connectivity index (χ0) is 18.9. The normalized spacial score (nSPS) is 17.9. The molecule has 0 spiro atoms. The highest BCUT2D eigenvalue weighted by Crippen LogP contribution is 2.19. The number of aromatic nitrogens is 2. The van der Waals surface area contributed by atoms with Crippen LogP contribution in [-0.2, 0) is 4.79 Å². The van der Waals surface area contributed by atoms with E-state index < -0.39 is 6.03 Å². The molecule has 1 saturated heterocycles. The van der Waals surface area contributed by atoms with E-state index >= 15 is 0 Å². The lowest BCUT2D eigenvalue weighted by atomic mass is 9.97. The molecule has 1 aliphatic carbocycles. The van der Waals surface area contributed by atoms with E-state index in [1.54, 1.807) is 18.5 Å². The number of hydrogen-bond donors (Lipinski definition) is 3. The van der Waals surface area contributed by atoms with Gasteiger partial charge in [-0.05, 0) is 38.2 Å². The first-order chi connectivity index (χ1) is 13.2. The summed E-state index contributed by atoms with van der Waals surface area (Å²) in [6.07, 6.45) is 11.4. The van der Waals surface area contributed by atoms with Crippen molar-refractivity contribution in [3.8, 4) is 0 Å². The molecule has 0 atom stereocenters. The summed E-state index contributed by atoms with van der Waals surface area (Å²) in [5.41, 5.74) is 1.41. The zero-order valence-corrected chi connectivity index (χ0v) is 15.7. The Balaban J connectivity index is 1.31. The number of nitrogens with zero attached hydrogens (tertiary/aromatic N) is 3. The Morgan fingerprint density at radius 2 is 1.93 bits per heavy atom. The number of piperazine rings is 1. The molecule has 1 aromatic heterocycles. The second-order valence-electron chi connectivity index (χ2n) is 7.12. The van der Waals surface area contributed by atoms with Crippen LogP contribution in [-0.4, -0.2) is 61.2 Å². The van der Waals surface area contributed by atoms with E-state index in [2.05, 4.69) is 31.6 Å². The van der Waals surface area contributed by atoms with Crippen LogP contribution in [0.2, 0.25) is 0 Å². The summed E-state index contributed by atoms with van der Waals surface area (Å²) >= 11 is 0. The molecule has 1 fully saturated rings. The SMILES string of the molecule is O=C(C[NH+]1CCN(c2ncccn2)CC1)NC(=O)NCCC1=CCCCC1. The Hall–Kier alpha value is -2.48. The fraction of sp³-hybridized carbons (Fsp3) is 0.579. The summed E-state index contributed by atoms with van der Waals surface area (Å²) in [5, 5.41) is 5.22. The summed E-state index contributed by atoms with van der Waals surface area (Å²) in [7, 11) is 0. The topological polar surface area (TPSA) is 91.7 Å². The lowest BCUT2D eigenvalue weighted by Crippen LogP contribution is -3.16. The van der Waals surface area contributed by atoms with Gasteiger partial charge in [0.1, 0.15) is 0 Å². The molecule has 3 rings (SSSR count). The number of urea groups is 1. The monoisotopic (exact) mass is 373 g/mol. The molecule has 1 aliphatic heterocycles. The van der Waals surface area contributed by atoms with Crippen molar-refractivity contribution in [3.63, 3.8) is 0 Å². The predicted octanol–water partition coefficient (Wildman–Crippen LogP) is -0.102. The molecule has 0 unspecified atom stereocenters. The molecule has 0 bridgehead atoms. The lowest BCUT2D eigenvalue weighted by Gasteiger charge is -2.31. The minimum absolute atomic E-state index is 0.233.